The number of hydrogen-bond acceptors (Lipinski definition) is 8. The molecule has 2 heterocycles. The van der Waals surface area contributed by atoms with Crippen molar-refractivity contribution in [1.82, 2.24) is 19.1 Å². The first-order valence-electron chi connectivity index (χ1n) is 7.17. The summed E-state index contributed by atoms with van der Waals surface area (Å²) in [4.78, 5) is 20.4. The molecule has 10 heteroatoms. The second kappa shape index (κ2) is 8.13. The highest BCUT2D eigenvalue weighted by Gasteiger charge is 2.20. The zero-order valence-electron chi connectivity index (χ0n) is 12.4. The minimum atomic E-state index is -0.940. The van der Waals surface area contributed by atoms with Gasteiger partial charge in [0.25, 0.3) is 5.56 Å². The Labute approximate surface area is 131 Å². The number of aliphatic hydroxyl groups is 4. The Morgan fingerprint density at radius 1 is 1.09 bits per heavy atom. The molecule has 0 saturated heterocycles. The van der Waals surface area contributed by atoms with E-state index in [1.807, 2.05) is 0 Å². The van der Waals surface area contributed by atoms with Gasteiger partial charge in [0.1, 0.15) is 12.4 Å². The van der Waals surface area contributed by atoms with E-state index in [-0.39, 0.29) is 23.3 Å². The van der Waals surface area contributed by atoms with E-state index < -0.39 is 32.2 Å². The Morgan fingerprint density at radius 3 is 2.43 bits per heavy atom. The number of hydrogen-bond donors (Lipinski definition) is 4. The molecule has 0 fully saturated rings. The van der Waals surface area contributed by atoms with Crippen molar-refractivity contribution in [2.24, 2.45) is 0 Å². The van der Waals surface area contributed by atoms with Gasteiger partial charge < -0.3 is 25.2 Å². The molecule has 0 aliphatic carbocycles. The number of aryl methyl sites for hydroxylation is 1. The smallest absolute Gasteiger partial charge is 0.281 e. The predicted molar refractivity (Wildman–Crippen MR) is 78.7 cm³/mol. The van der Waals surface area contributed by atoms with Crippen LogP contribution < -0.4 is 5.56 Å². The van der Waals surface area contributed by atoms with Crippen molar-refractivity contribution in [3.05, 3.63) is 23.0 Å². The van der Waals surface area contributed by atoms with Crippen molar-refractivity contribution >= 4 is 11.2 Å². The third-order valence-electron chi connectivity index (χ3n) is 3.33. The molecule has 0 bridgehead atoms. The lowest BCUT2D eigenvalue weighted by Gasteiger charge is -2.22. The topological polar surface area (TPSA) is 143 Å². The summed E-state index contributed by atoms with van der Waals surface area (Å²) in [7, 11) is 0. The highest BCUT2D eigenvalue weighted by atomic mass is 16.5. The summed E-state index contributed by atoms with van der Waals surface area (Å²) in [6.45, 7) is -0.996. The Hall–Kier alpha value is -1.85. The zero-order chi connectivity index (χ0) is 16.8. The fraction of sp³-hybridized carbons (Fsp3) is 0.615. The maximum absolute atomic E-state index is 12.3. The van der Waals surface area contributed by atoms with Crippen molar-refractivity contribution in [2.75, 3.05) is 26.4 Å². The average Bonchev–Trinajstić information content (AvgIpc) is 3.00. The van der Waals surface area contributed by atoms with Gasteiger partial charge in [-0.3, -0.25) is 13.9 Å². The van der Waals surface area contributed by atoms with Gasteiger partial charge in [-0.2, -0.15) is 0 Å². The lowest BCUT2D eigenvalue weighted by atomic mass is 10.4. The second-order valence-corrected chi connectivity index (χ2v) is 4.90. The predicted octanol–water partition coefficient (Wildman–Crippen LogP) is -2.16. The van der Waals surface area contributed by atoms with Crippen LogP contribution in [0.1, 0.15) is 12.6 Å². The van der Waals surface area contributed by atoms with E-state index in [1.165, 1.54) is 21.8 Å². The molecule has 2 aromatic heterocycles. The van der Waals surface area contributed by atoms with E-state index in [0.717, 1.165) is 0 Å². The number of rotatable bonds is 9. The molecule has 4 N–H and O–H groups in total. The normalized spacial score (nSPS) is 13.1. The molecule has 2 aromatic rings. The maximum Gasteiger partial charge on any atom is 0.281 e. The van der Waals surface area contributed by atoms with Crippen LogP contribution in [-0.4, -0.2) is 72.1 Å². The van der Waals surface area contributed by atoms with Crippen molar-refractivity contribution in [3.8, 4) is 0 Å². The van der Waals surface area contributed by atoms with E-state index in [4.69, 9.17) is 20.1 Å². The van der Waals surface area contributed by atoms with Crippen LogP contribution in [-0.2, 0) is 11.3 Å². The Morgan fingerprint density at radius 2 is 1.83 bits per heavy atom. The van der Waals surface area contributed by atoms with Crippen LogP contribution >= 0.6 is 0 Å². The lowest BCUT2D eigenvalue weighted by molar-refractivity contribution is -0.110. The molecule has 10 nitrogen and oxygen atoms in total. The third kappa shape index (κ3) is 3.74. The first-order valence-corrected chi connectivity index (χ1v) is 7.17. The summed E-state index contributed by atoms with van der Waals surface area (Å²) in [5.41, 5.74) is -0.0271. The standard InChI is InChI=1S/C13H20N4O6/c18-3-1-2-16-7-15-12-11(13(16)22)14-8-17(12)10(6-21)23-9(4-19)5-20/h7-10,18-21H,1-6H2/t10-/m1/s1. The molecule has 0 radical (unpaired) electrons. The molecule has 0 saturated carbocycles. The molecule has 2 rings (SSSR count). The van der Waals surface area contributed by atoms with Crippen molar-refractivity contribution in [3.63, 3.8) is 0 Å². The maximum atomic E-state index is 12.3. The van der Waals surface area contributed by atoms with E-state index >= 15 is 0 Å². The minimum absolute atomic E-state index is 0.0386. The average molecular weight is 328 g/mol. The highest BCUT2D eigenvalue weighted by Crippen LogP contribution is 2.16. The third-order valence-corrected chi connectivity index (χ3v) is 3.33. The fourth-order valence-electron chi connectivity index (χ4n) is 2.12. The molecule has 128 valence electrons. The molecule has 23 heavy (non-hydrogen) atoms. The van der Waals surface area contributed by atoms with Crippen LogP contribution in [0.3, 0.4) is 0 Å². The summed E-state index contributed by atoms with van der Waals surface area (Å²) in [6, 6.07) is 0. The highest BCUT2D eigenvalue weighted by molar-refractivity contribution is 5.69. The summed E-state index contributed by atoms with van der Waals surface area (Å²) < 4.78 is 8.09. The Bertz CT molecular complexity index is 681. The van der Waals surface area contributed by atoms with Gasteiger partial charge in [0, 0.05) is 13.2 Å². The number of ether oxygens (including phenoxy) is 1. The van der Waals surface area contributed by atoms with Crippen LogP contribution in [0.5, 0.6) is 0 Å². The van der Waals surface area contributed by atoms with Crippen molar-refractivity contribution < 1.29 is 25.2 Å². The number of nitrogens with zero attached hydrogens (tertiary/aromatic N) is 4. The zero-order valence-corrected chi connectivity index (χ0v) is 12.4. The summed E-state index contributed by atoms with van der Waals surface area (Å²) >= 11 is 0. The lowest BCUT2D eigenvalue weighted by Crippen LogP contribution is -2.29. The molecule has 0 unspecified atom stereocenters. The Balaban J connectivity index is 2.34. The molecule has 0 spiro atoms. The summed E-state index contributed by atoms with van der Waals surface area (Å²) in [5, 5.41) is 36.4. The van der Waals surface area contributed by atoms with Crippen LogP contribution in [0.15, 0.2) is 17.4 Å². The Kier molecular flexibility index (Phi) is 6.19. The van der Waals surface area contributed by atoms with Gasteiger partial charge >= 0.3 is 0 Å². The molecule has 0 aliphatic rings. The van der Waals surface area contributed by atoms with Gasteiger partial charge in [-0.1, -0.05) is 0 Å². The van der Waals surface area contributed by atoms with E-state index in [2.05, 4.69) is 9.97 Å². The molecule has 0 amide bonds. The van der Waals surface area contributed by atoms with Crippen LogP contribution in [0, 0.1) is 0 Å². The molecule has 0 aliphatic heterocycles. The minimum Gasteiger partial charge on any atom is -0.396 e. The fourth-order valence-corrected chi connectivity index (χ4v) is 2.12. The van der Waals surface area contributed by atoms with Crippen LogP contribution in [0.4, 0.5) is 0 Å². The molecular formula is C13H20N4O6. The summed E-state index contributed by atoms with van der Waals surface area (Å²) in [6.07, 6.45) is 1.26. The van der Waals surface area contributed by atoms with Crippen LogP contribution in [0.25, 0.3) is 11.2 Å². The number of aliphatic hydroxyl groups excluding tert-OH is 4. The molecule has 1 atom stereocenters. The van der Waals surface area contributed by atoms with Gasteiger partial charge in [0.2, 0.25) is 0 Å². The molecule has 0 aromatic carbocycles. The first kappa shape index (κ1) is 17.5. The quantitative estimate of drug-likeness (QED) is 0.407. The van der Waals surface area contributed by atoms with Crippen LogP contribution in [0.2, 0.25) is 0 Å². The van der Waals surface area contributed by atoms with Gasteiger partial charge in [0.05, 0.1) is 26.1 Å². The van der Waals surface area contributed by atoms with E-state index in [9.17, 15) is 9.90 Å². The summed E-state index contributed by atoms with van der Waals surface area (Å²) in [5.74, 6) is 0. The first-order chi connectivity index (χ1) is 11.2. The van der Waals surface area contributed by atoms with Crippen molar-refractivity contribution in [1.29, 1.82) is 0 Å². The van der Waals surface area contributed by atoms with Gasteiger partial charge in [0.15, 0.2) is 17.4 Å². The van der Waals surface area contributed by atoms with Gasteiger partial charge in [-0.05, 0) is 6.42 Å². The number of imidazole rings is 1. The van der Waals surface area contributed by atoms with E-state index in [0.29, 0.717) is 13.0 Å². The number of fused-ring (bicyclic) bond motifs is 1. The van der Waals surface area contributed by atoms with Gasteiger partial charge in [-0.25, -0.2) is 9.97 Å². The van der Waals surface area contributed by atoms with Crippen molar-refractivity contribution in [2.45, 2.75) is 25.3 Å². The molecular weight excluding hydrogens is 308 g/mol. The van der Waals surface area contributed by atoms with Gasteiger partial charge in [-0.15, -0.1) is 0 Å². The van der Waals surface area contributed by atoms with E-state index in [1.54, 1.807) is 0 Å². The largest absolute Gasteiger partial charge is 0.396 e. The number of aromatic nitrogens is 4. The SMILES string of the molecule is O=c1c2ncn([C@@H](CO)OC(CO)CO)c2ncn1CCCO. The monoisotopic (exact) mass is 328 g/mol. The second-order valence-electron chi connectivity index (χ2n) is 4.90.